The highest BCUT2D eigenvalue weighted by Gasteiger charge is 2.25. The molecule has 0 amide bonds. The second-order valence-electron chi connectivity index (χ2n) is 5.02. The molecule has 0 N–H and O–H groups in total. The Morgan fingerprint density at radius 2 is 1.82 bits per heavy atom. The van der Waals surface area contributed by atoms with E-state index in [1.807, 2.05) is 19.9 Å². The summed E-state index contributed by atoms with van der Waals surface area (Å²) in [5.74, 6) is 0. The quantitative estimate of drug-likeness (QED) is 0.504. The normalized spacial score (nSPS) is 12.0. The Labute approximate surface area is 150 Å². The molecule has 114 valence electrons. The molecule has 0 spiro atoms. The van der Waals surface area contributed by atoms with Crippen molar-refractivity contribution in [1.29, 1.82) is 0 Å². The fourth-order valence-electron chi connectivity index (χ4n) is 2.26. The summed E-state index contributed by atoms with van der Waals surface area (Å²) in [5, 5.41) is 0.828. The van der Waals surface area contributed by atoms with Crippen LogP contribution in [0.5, 0.6) is 0 Å². The number of hydrogen-bond donors (Lipinski definition) is 0. The Kier molecular flexibility index (Phi) is 4.07. The first-order valence-electron chi connectivity index (χ1n) is 6.46. The van der Waals surface area contributed by atoms with Crippen LogP contribution in [0.1, 0.15) is 11.1 Å². The zero-order chi connectivity index (χ0) is 16.1. The third kappa shape index (κ3) is 2.48. The van der Waals surface area contributed by atoms with Crippen molar-refractivity contribution in [1.82, 2.24) is 8.96 Å². The van der Waals surface area contributed by atoms with Crippen molar-refractivity contribution in [2.75, 3.05) is 0 Å². The molecular formula is C15H12BrIN2O2S. The van der Waals surface area contributed by atoms with E-state index in [4.69, 9.17) is 0 Å². The number of benzene rings is 1. The first-order valence-corrected chi connectivity index (χ1v) is 9.78. The average Bonchev–Trinajstić information content (AvgIpc) is 2.72. The van der Waals surface area contributed by atoms with Gasteiger partial charge in [-0.1, -0.05) is 17.7 Å². The molecule has 0 radical (unpaired) electrons. The summed E-state index contributed by atoms with van der Waals surface area (Å²) in [6.45, 7) is 3.83. The zero-order valence-corrected chi connectivity index (χ0v) is 16.4. The van der Waals surface area contributed by atoms with E-state index in [0.29, 0.717) is 9.35 Å². The van der Waals surface area contributed by atoms with Gasteiger partial charge in [-0.05, 0) is 76.1 Å². The molecule has 0 unspecified atom stereocenters. The standard InChI is InChI=1S/C15H12BrIN2O2S/c1-9-3-5-12(6-4-9)22(20,21)19-14(17)10(2)13-7-11(16)8-18-15(13)19/h3-8H,1-2H3. The fraction of sp³-hybridized carbons (Fsp3) is 0.133. The Morgan fingerprint density at radius 3 is 2.45 bits per heavy atom. The van der Waals surface area contributed by atoms with Crippen molar-refractivity contribution < 1.29 is 8.42 Å². The lowest BCUT2D eigenvalue weighted by Gasteiger charge is -2.09. The number of aryl methyl sites for hydroxylation is 2. The predicted octanol–water partition coefficient (Wildman–Crippen LogP) is 4.26. The SMILES string of the molecule is Cc1ccc(S(=O)(=O)n2c(I)c(C)c3cc(Br)cnc32)cc1. The lowest BCUT2D eigenvalue weighted by Crippen LogP contribution is -2.15. The number of nitrogens with zero attached hydrogens (tertiary/aromatic N) is 2. The van der Waals surface area contributed by atoms with E-state index in [1.54, 1.807) is 30.5 Å². The summed E-state index contributed by atoms with van der Waals surface area (Å²) < 4.78 is 28.8. The van der Waals surface area contributed by atoms with Crippen molar-refractivity contribution in [2.24, 2.45) is 0 Å². The van der Waals surface area contributed by atoms with Gasteiger partial charge in [-0.15, -0.1) is 0 Å². The van der Waals surface area contributed by atoms with E-state index in [0.717, 1.165) is 21.0 Å². The van der Waals surface area contributed by atoms with Crippen LogP contribution in [0.4, 0.5) is 0 Å². The summed E-state index contributed by atoms with van der Waals surface area (Å²) in [6.07, 6.45) is 1.61. The van der Waals surface area contributed by atoms with Gasteiger partial charge in [0.25, 0.3) is 10.0 Å². The van der Waals surface area contributed by atoms with Crippen molar-refractivity contribution in [3.8, 4) is 0 Å². The minimum absolute atomic E-state index is 0.262. The van der Waals surface area contributed by atoms with Gasteiger partial charge in [-0.2, -0.15) is 0 Å². The van der Waals surface area contributed by atoms with Crippen LogP contribution < -0.4 is 0 Å². The molecule has 0 bridgehead atoms. The lowest BCUT2D eigenvalue weighted by molar-refractivity contribution is 0.587. The number of fused-ring (bicyclic) bond motifs is 1. The molecule has 2 aromatic heterocycles. The van der Waals surface area contributed by atoms with Crippen molar-refractivity contribution in [3.63, 3.8) is 0 Å². The number of aromatic nitrogens is 2. The number of pyridine rings is 1. The molecule has 3 aromatic rings. The molecule has 0 atom stereocenters. The van der Waals surface area contributed by atoms with Gasteiger partial charge in [0.05, 0.1) is 4.90 Å². The molecule has 0 saturated heterocycles. The Morgan fingerprint density at radius 1 is 1.18 bits per heavy atom. The summed E-state index contributed by atoms with van der Waals surface area (Å²) in [6, 6.07) is 8.73. The maximum absolute atomic E-state index is 13.0. The number of hydrogen-bond acceptors (Lipinski definition) is 3. The molecule has 0 fully saturated rings. The first-order chi connectivity index (χ1) is 10.3. The van der Waals surface area contributed by atoms with Gasteiger partial charge in [0.1, 0.15) is 3.70 Å². The maximum atomic E-state index is 13.0. The monoisotopic (exact) mass is 490 g/mol. The van der Waals surface area contributed by atoms with E-state index in [2.05, 4.69) is 43.5 Å². The first kappa shape index (κ1) is 15.9. The van der Waals surface area contributed by atoms with Crippen molar-refractivity contribution in [3.05, 3.63) is 55.8 Å². The summed E-state index contributed by atoms with van der Waals surface area (Å²) >= 11 is 5.44. The molecule has 0 aliphatic rings. The van der Waals surface area contributed by atoms with Gasteiger partial charge in [0, 0.05) is 16.1 Å². The highest BCUT2D eigenvalue weighted by Crippen LogP contribution is 2.31. The highest BCUT2D eigenvalue weighted by molar-refractivity contribution is 14.1. The van der Waals surface area contributed by atoms with Gasteiger partial charge in [0.15, 0.2) is 5.65 Å². The van der Waals surface area contributed by atoms with Crippen molar-refractivity contribution in [2.45, 2.75) is 18.7 Å². The van der Waals surface area contributed by atoms with Crippen LogP contribution in [0, 0.1) is 17.5 Å². The lowest BCUT2D eigenvalue weighted by atomic mass is 10.2. The molecular weight excluding hydrogens is 479 g/mol. The second kappa shape index (κ2) is 5.61. The average molecular weight is 491 g/mol. The van der Waals surface area contributed by atoms with E-state index >= 15 is 0 Å². The van der Waals surface area contributed by atoms with Crippen LogP contribution in [0.3, 0.4) is 0 Å². The van der Waals surface area contributed by atoms with Crippen LogP contribution in [0.2, 0.25) is 0 Å². The van der Waals surface area contributed by atoms with Crippen LogP contribution >= 0.6 is 38.5 Å². The molecule has 0 aliphatic heterocycles. The molecule has 7 heteroatoms. The Bertz CT molecular complexity index is 979. The third-order valence-electron chi connectivity index (χ3n) is 3.48. The van der Waals surface area contributed by atoms with Gasteiger partial charge in [-0.3, -0.25) is 0 Å². The Balaban J connectivity index is 2.34. The second-order valence-corrected chi connectivity index (χ2v) is 8.75. The van der Waals surface area contributed by atoms with Gasteiger partial charge >= 0.3 is 0 Å². The zero-order valence-electron chi connectivity index (χ0n) is 11.8. The van der Waals surface area contributed by atoms with Crippen LogP contribution in [-0.4, -0.2) is 17.4 Å². The van der Waals surface area contributed by atoms with E-state index in [1.165, 1.54) is 3.97 Å². The Hall–Kier alpha value is -0.930. The van der Waals surface area contributed by atoms with Gasteiger partial charge < -0.3 is 0 Å². The van der Waals surface area contributed by atoms with E-state index in [-0.39, 0.29) is 4.90 Å². The van der Waals surface area contributed by atoms with Gasteiger partial charge in [0.2, 0.25) is 0 Å². The van der Waals surface area contributed by atoms with Crippen LogP contribution in [0.15, 0.2) is 45.9 Å². The minimum Gasteiger partial charge on any atom is -0.236 e. The number of halogens is 2. The van der Waals surface area contributed by atoms with Crippen LogP contribution in [0.25, 0.3) is 11.0 Å². The molecule has 0 saturated carbocycles. The largest absolute Gasteiger partial charge is 0.270 e. The topological polar surface area (TPSA) is 52.0 Å². The van der Waals surface area contributed by atoms with Crippen LogP contribution in [-0.2, 0) is 10.0 Å². The molecule has 22 heavy (non-hydrogen) atoms. The summed E-state index contributed by atoms with van der Waals surface area (Å²) in [7, 11) is -3.67. The molecule has 3 rings (SSSR count). The fourth-order valence-corrected chi connectivity index (χ4v) is 5.30. The molecule has 0 aliphatic carbocycles. The summed E-state index contributed by atoms with van der Waals surface area (Å²) in [4.78, 5) is 4.57. The predicted molar refractivity (Wildman–Crippen MR) is 98.6 cm³/mol. The van der Waals surface area contributed by atoms with Gasteiger partial charge in [-0.25, -0.2) is 17.4 Å². The molecule has 1 aromatic carbocycles. The van der Waals surface area contributed by atoms with E-state index < -0.39 is 10.0 Å². The number of rotatable bonds is 2. The van der Waals surface area contributed by atoms with Crippen molar-refractivity contribution >= 4 is 59.6 Å². The minimum atomic E-state index is -3.67. The smallest absolute Gasteiger partial charge is 0.236 e. The third-order valence-corrected chi connectivity index (χ3v) is 7.23. The van der Waals surface area contributed by atoms with E-state index in [9.17, 15) is 8.42 Å². The highest BCUT2D eigenvalue weighted by atomic mass is 127. The maximum Gasteiger partial charge on any atom is 0.270 e. The summed E-state index contributed by atoms with van der Waals surface area (Å²) in [5.41, 5.74) is 2.37. The molecule has 4 nitrogen and oxygen atoms in total. The molecule has 2 heterocycles.